The zero-order valence-electron chi connectivity index (χ0n) is 72.7. The quantitative estimate of drug-likeness (QED) is 0.0390. The maximum absolute atomic E-state index is 3.06. The fourth-order valence-corrected chi connectivity index (χ4v) is 52.9. The zero-order chi connectivity index (χ0) is 74.5. The Labute approximate surface area is 629 Å². The van der Waals surface area contributed by atoms with Crippen molar-refractivity contribution in [1.29, 1.82) is 0 Å². The van der Waals surface area contributed by atoms with Gasteiger partial charge in [-0.3, -0.25) is 0 Å². The highest BCUT2D eigenvalue weighted by molar-refractivity contribution is 7.04. The van der Waals surface area contributed by atoms with Crippen LogP contribution in [0.4, 0.5) is 0 Å². The van der Waals surface area contributed by atoms with E-state index in [1.54, 1.807) is 43.1 Å². The average Bonchev–Trinajstić information content (AvgIpc) is 1.48. The molecule has 0 fully saturated rings. The van der Waals surface area contributed by atoms with Gasteiger partial charge in [-0.1, -0.05) is 398 Å². The van der Waals surface area contributed by atoms with Crippen molar-refractivity contribution in [3.05, 3.63) is 89.0 Å². The summed E-state index contributed by atoms with van der Waals surface area (Å²) in [5.41, 5.74) is 17.7. The molecular formula is C96H172Si4. The van der Waals surface area contributed by atoms with Crippen LogP contribution in [-0.4, -0.2) is 32.3 Å². The summed E-state index contributed by atoms with van der Waals surface area (Å²) in [6.07, 6.45) is 49.0. The van der Waals surface area contributed by atoms with Crippen molar-refractivity contribution in [2.24, 2.45) is 0 Å². The van der Waals surface area contributed by atoms with Crippen LogP contribution in [0, 0.1) is 20.9 Å². The first kappa shape index (κ1) is 88.9. The summed E-state index contributed by atoms with van der Waals surface area (Å²) in [6.45, 7) is 76.1. The molecule has 2 aliphatic carbocycles. The molecule has 0 nitrogen and oxygen atoms in total. The molecule has 3 aromatic carbocycles. The van der Waals surface area contributed by atoms with Crippen molar-refractivity contribution in [1.82, 2.24) is 0 Å². The predicted molar refractivity (Wildman–Crippen MR) is 468 cm³/mol. The SMILES string of the molecule is CCCCCCCCCCc1cc2c(cc1CCCCCCCCCC)=c1c(c([Si](C(C)C)(C(C)C)C(C)C)c3c(c1[Si](C(C)C)(C(C)C)C(C)C)C([Si](C(C)C)(C(C)C)C(C)C)=c1cc(CCCCCCCCCC)c(CCCCCCCCCC)cc1=3)C=2[Si](C(C)C)(C(C)C)C(C)C. The van der Waals surface area contributed by atoms with E-state index in [1.807, 2.05) is 42.3 Å². The molecule has 0 N–H and O–H groups in total. The van der Waals surface area contributed by atoms with E-state index in [1.165, 1.54) is 231 Å². The molecule has 0 aliphatic heterocycles. The van der Waals surface area contributed by atoms with E-state index >= 15 is 0 Å². The van der Waals surface area contributed by atoms with Gasteiger partial charge < -0.3 is 0 Å². The molecule has 0 atom stereocenters. The lowest BCUT2D eigenvalue weighted by atomic mass is 9.94. The predicted octanol–water partition coefficient (Wildman–Crippen LogP) is 30.2. The molecule has 0 heterocycles. The molecule has 0 amide bonds. The number of fused-ring (bicyclic) bond motifs is 4. The van der Waals surface area contributed by atoms with Gasteiger partial charge in [-0.05, 0) is 203 Å². The van der Waals surface area contributed by atoms with Crippen LogP contribution >= 0.6 is 0 Å². The number of rotatable bonds is 52. The van der Waals surface area contributed by atoms with Crippen molar-refractivity contribution in [3.8, 4) is 0 Å². The minimum atomic E-state index is -2.60. The van der Waals surface area contributed by atoms with E-state index in [2.05, 4.69) is 218 Å². The van der Waals surface area contributed by atoms with E-state index in [4.69, 9.17) is 0 Å². The lowest BCUT2D eigenvalue weighted by Gasteiger charge is -2.52. The normalized spacial score (nSPS) is 13.9. The Morgan fingerprint density at radius 3 is 0.530 bits per heavy atom. The van der Waals surface area contributed by atoms with Crippen LogP contribution in [0.3, 0.4) is 0 Å². The van der Waals surface area contributed by atoms with Crippen molar-refractivity contribution in [2.75, 3.05) is 0 Å². The van der Waals surface area contributed by atoms with Gasteiger partial charge in [0.1, 0.15) is 0 Å². The molecule has 5 rings (SSSR count). The fourth-order valence-electron chi connectivity index (χ4n) is 24.2. The van der Waals surface area contributed by atoms with Gasteiger partial charge in [-0.2, -0.15) is 0 Å². The van der Waals surface area contributed by atoms with Gasteiger partial charge in [-0.15, -0.1) is 0 Å². The molecule has 0 saturated carbocycles. The maximum Gasteiger partial charge on any atom is 0.0959 e. The van der Waals surface area contributed by atoms with Crippen molar-refractivity contribution >= 4 is 53.1 Å². The van der Waals surface area contributed by atoms with Gasteiger partial charge in [0.05, 0.1) is 32.3 Å². The standard InChI is InChI=1S/C96H172Si4/c1-29-33-37-41-45-49-53-57-61-81-65-85-87(67-83(81)63-59-55-51-47-43-39-35-31-3)93(97(69(5)6,70(7)8)71(9)10)91-89(85)95(99(75(17)18,76(19)20)77(21)22)92-90(96(91)100(78(23)24,79(25)26)80(27)28)86-66-82(62-58-54-50-46-42-38-34-30-2)84(64-60-56-52-48-44-40-36-32-4)68-88(86)94(92)98(72(11)12,73(13)14)74(15)16/h65-80H,29-64H2,1-28H3. The molecule has 0 radical (unpaired) electrons. The first-order valence-electron chi connectivity index (χ1n) is 44.9. The number of hydrogen-bond acceptors (Lipinski definition) is 0. The van der Waals surface area contributed by atoms with E-state index in [9.17, 15) is 0 Å². The molecule has 0 spiro atoms. The largest absolute Gasteiger partial charge is 0.0959 e. The third-order valence-electron chi connectivity index (χ3n) is 28.2. The molecule has 100 heavy (non-hydrogen) atoms. The second kappa shape index (κ2) is 42.1. The van der Waals surface area contributed by atoms with E-state index in [-0.39, 0.29) is 0 Å². The molecule has 0 unspecified atom stereocenters. The van der Waals surface area contributed by atoms with Gasteiger partial charge in [-0.25, -0.2) is 0 Å². The van der Waals surface area contributed by atoms with Crippen LogP contribution in [0.15, 0.2) is 24.3 Å². The van der Waals surface area contributed by atoms with E-state index in [0.29, 0.717) is 66.5 Å². The minimum Gasteiger partial charge on any atom is -0.0654 e. The van der Waals surface area contributed by atoms with Gasteiger partial charge in [0.2, 0.25) is 0 Å². The van der Waals surface area contributed by atoms with Crippen LogP contribution in [0.1, 0.15) is 433 Å². The second-order valence-corrected chi connectivity index (χ2v) is 61.1. The lowest BCUT2D eigenvalue weighted by molar-refractivity contribution is 0.570. The molecule has 2 aliphatic rings. The lowest BCUT2D eigenvalue weighted by Crippen LogP contribution is -2.63. The molecule has 572 valence electrons. The first-order valence-corrected chi connectivity index (χ1v) is 53.8. The minimum absolute atomic E-state index is 0.565. The third-order valence-corrected chi connectivity index (χ3v) is 56.6. The highest BCUT2D eigenvalue weighted by Gasteiger charge is 2.58. The Morgan fingerprint density at radius 1 is 0.200 bits per heavy atom. The van der Waals surface area contributed by atoms with Crippen molar-refractivity contribution < 1.29 is 0 Å². The van der Waals surface area contributed by atoms with Crippen LogP contribution in [0.2, 0.25) is 66.5 Å². The molecule has 0 aromatic heterocycles. The average molecular weight is 1440 g/mol. The van der Waals surface area contributed by atoms with E-state index in [0.717, 1.165) is 0 Å². The Kier molecular flexibility index (Phi) is 37.5. The Balaban J connectivity index is 2.36. The van der Waals surface area contributed by atoms with Crippen LogP contribution in [-0.2, 0) is 25.7 Å². The van der Waals surface area contributed by atoms with Crippen molar-refractivity contribution in [3.63, 3.8) is 0 Å². The Bertz CT molecular complexity index is 2940. The number of benzene rings is 3. The molecular weight excluding hydrogens is 1270 g/mol. The summed E-state index contributed by atoms with van der Waals surface area (Å²) in [7, 11) is -10.2. The van der Waals surface area contributed by atoms with Crippen LogP contribution < -0.4 is 20.8 Å². The van der Waals surface area contributed by atoms with Crippen LogP contribution in [0.25, 0.3) is 10.4 Å². The summed E-state index contributed by atoms with van der Waals surface area (Å²) < 4.78 is 0. The smallest absolute Gasteiger partial charge is 0.0654 e. The molecule has 4 heteroatoms. The van der Waals surface area contributed by atoms with Gasteiger partial charge in [0.15, 0.2) is 0 Å². The van der Waals surface area contributed by atoms with Crippen LogP contribution in [0.5, 0.6) is 0 Å². The highest BCUT2D eigenvalue weighted by atomic mass is 28.3. The highest BCUT2D eigenvalue weighted by Crippen LogP contribution is 2.56. The number of aryl methyl sites for hydroxylation is 4. The van der Waals surface area contributed by atoms with E-state index < -0.39 is 32.3 Å². The van der Waals surface area contributed by atoms with Gasteiger partial charge in [0, 0.05) is 0 Å². The molecule has 3 aromatic rings. The fraction of sp³-hybridized carbons (Fsp3) is 0.792. The Morgan fingerprint density at radius 2 is 0.360 bits per heavy atom. The summed E-state index contributed by atoms with van der Waals surface area (Å²) in [6, 6.07) is 12.2. The van der Waals surface area contributed by atoms with Gasteiger partial charge in [0.25, 0.3) is 0 Å². The van der Waals surface area contributed by atoms with Crippen molar-refractivity contribution in [2.45, 2.75) is 492 Å². The zero-order valence-corrected chi connectivity index (χ0v) is 76.7. The van der Waals surface area contributed by atoms with Gasteiger partial charge >= 0.3 is 0 Å². The topological polar surface area (TPSA) is 0 Å². The molecule has 0 saturated heterocycles. The second-order valence-electron chi connectivity index (χ2n) is 37.8. The monoisotopic (exact) mass is 1440 g/mol. The Hall–Kier alpha value is -1.73. The molecule has 0 bridgehead atoms. The number of unbranched alkanes of at least 4 members (excludes halogenated alkanes) is 28. The maximum atomic E-state index is 3.06. The number of hydrogen-bond donors (Lipinski definition) is 0. The summed E-state index contributed by atoms with van der Waals surface area (Å²) in [5.74, 6) is 0. The summed E-state index contributed by atoms with van der Waals surface area (Å²) in [4.78, 5) is 0. The summed E-state index contributed by atoms with van der Waals surface area (Å²) in [5, 5.41) is 18.6. The first-order chi connectivity index (χ1) is 47.5. The third kappa shape index (κ3) is 19.0. The summed E-state index contributed by atoms with van der Waals surface area (Å²) >= 11 is 0.